The SMILES string of the molecule is O=C1CC[C@H](n2nnc3ccccc32)C1. The van der Waals surface area contributed by atoms with Crippen molar-refractivity contribution in [3.05, 3.63) is 24.3 Å². The number of nitrogens with zero attached hydrogens (tertiary/aromatic N) is 3. The maximum Gasteiger partial charge on any atom is 0.135 e. The first-order chi connectivity index (χ1) is 7.34. The smallest absolute Gasteiger partial charge is 0.135 e. The van der Waals surface area contributed by atoms with E-state index >= 15 is 0 Å². The van der Waals surface area contributed by atoms with Gasteiger partial charge in [0, 0.05) is 12.8 Å². The van der Waals surface area contributed by atoms with E-state index in [1.54, 1.807) is 0 Å². The minimum atomic E-state index is 0.213. The van der Waals surface area contributed by atoms with Gasteiger partial charge < -0.3 is 0 Å². The summed E-state index contributed by atoms with van der Waals surface area (Å²) in [6.07, 6.45) is 2.18. The Kier molecular flexibility index (Phi) is 1.80. The van der Waals surface area contributed by atoms with Crippen LogP contribution in [-0.2, 0) is 4.79 Å². The summed E-state index contributed by atoms with van der Waals surface area (Å²) in [5, 5.41) is 8.22. The molecule has 0 amide bonds. The molecule has 1 fully saturated rings. The molecular formula is C11H11N3O. The second kappa shape index (κ2) is 3.15. The fourth-order valence-corrected chi connectivity index (χ4v) is 2.16. The average Bonchev–Trinajstić information content (AvgIpc) is 2.83. The van der Waals surface area contributed by atoms with Crippen molar-refractivity contribution in [3.8, 4) is 0 Å². The first kappa shape index (κ1) is 8.59. The van der Waals surface area contributed by atoms with Gasteiger partial charge in [-0.1, -0.05) is 17.3 Å². The van der Waals surface area contributed by atoms with Crippen LogP contribution < -0.4 is 0 Å². The van der Waals surface area contributed by atoms with Gasteiger partial charge in [-0.2, -0.15) is 0 Å². The van der Waals surface area contributed by atoms with Crippen LogP contribution in [0.5, 0.6) is 0 Å². The van der Waals surface area contributed by atoms with E-state index in [4.69, 9.17) is 0 Å². The van der Waals surface area contributed by atoms with Crippen molar-refractivity contribution in [3.63, 3.8) is 0 Å². The van der Waals surface area contributed by atoms with Crippen LogP contribution in [0.4, 0.5) is 0 Å². The fraction of sp³-hybridized carbons (Fsp3) is 0.364. The number of hydrogen-bond donors (Lipinski definition) is 0. The summed E-state index contributed by atoms with van der Waals surface area (Å²) in [5.41, 5.74) is 1.93. The van der Waals surface area contributed by atoms with Gasteiger partial charge in [-0.05, 0) is 18.6 Å². The van der Waals surface area contributed by atoms with Crippen LogP contribution >= 0.6 is 0 Å². The summed E-state index contributed by atoms with van der Waals surface area (Å²) in [7, 11) is 0. The molecule has 1 aliphatic carbocycles. The Hall–Kier alpha value is -1.71. The highest BCUT2D eigenvalue weighted by Crippen LogP contribution is 2.28. The Balaban J connectivity index is 2.07. The Morgan fingerprint density at radius 1 is 1.33 bits per heavy atom. The van der Waals surface area contributed by atoms with E-state index in [9.17, 15) is 4.79 Å². The second-order valence-electron chi connectivity index (χ2n) is 3.96. The van der Waals surface area contributed by atoms with E-state index in [-0.39, 0.29) is 6.04 Å². The number of benzene rings is 1. The lowest BCUT2D eigenvalue weighted by Gasteiger charge is -2.08. The van der Waals surface area contributed by atoms with Crippen LogP contribution in [0.25, 0.3) is 11.0 Å². The molecule has 0 bridgehead atoms. The van der Waals surface area contributed by atoms with Crippen molar-refractivity contribution < 1.29 is 4.79 Å². The molecule has 0 saturated heterocycles. The third kappa shape index (κ3) is 1.33. The lowest BCUT2D eigenvalue weighted by Crippen LogP contribution is -2.07. The van der Waals surface area contributed by atoms with Crippen LogP contribution in [0.1, 0.15) is 25.3 Å². The number of para-hydroxylation sites is 1. The molecule has 1 aromatic heterocycles. The third-order valence-electron chi connectivity index (χ3n) is 2.94. The molecule has 1 atom stereocenters. The number of fused-ring (bicyclic) bond motifs is 1. The minimum absolute atomic E-state index is 0.213. The molecule has 1 aliphatic rings. The van der Waals surface area contributed by atoms with Crippen molar-refractivity contribution in [1.29, 1.82) is 0 Å². The molecule has 0 aliphatic heterocycles. The average molecular weight is 201 g/mol. The number of ketones is 1. The van der Waals surface area contributed by atoms with E-state index in [2.05, 4.69) is 10.3 Å². The van der Waals surface area contributed by atoms with Crippen molar-refractivity contribution in [2.75, 3.05) is 0 Å². The van der Waals surface area contributed by atoms with Gasteiger partial charge in [0.2, 0.25) is 0 Å². The van der Waals surface area contributed by atoms with Gasteiger partial charge in [-0.15, -0.1) is 5.10 Å². The van der Waals surface area contributed by atoms with E-state index < -0.39 is 0 Å². The summed E-state index contributed by atoms with van der Waals surface area (Å²) in [4.78, 5) is 11.2. The fourth-order valence-electron chi connectivity index (χ4n) is 2.16. The number of aromatic nitrogens is 3. The molecule has 3 rings (SSSR count). The molecule has 15 heavy (non-hydrogen) atoms. The number of carbonyl (C=O) groups excluding carboxylic acids is 1. The summed E-state index contributed by atoms with van der Waals surface area (Å²) in [5.74, 6) is 0.333. The summed E-state index contributed by atoms with van der Waals surface area (Å²) in [6, 6.07) is 8.07. The van der Waals surface area contributed by atoms with Gasteiger partial charge in [-0.3, -0.25) is 4.79 Å². The predicted molar refractivity (Wildman–Crippen MR) is 55.4 cm³/mol. The second-order valence-corrected chi connectivity index (χ2v) is 3.96. The molecule has 0 radical (unpaired) electrons. The van der Waals surface area contributed by atoms with Crippen molar-refractivity contribution in [2.24, 2.45) is 0 Å². The monoisotopic (exact) mass is 201 g/mol. The molecule has 4 nitrogen and oxygen atoms in total. The van der Waals surface area contributed by atoms with Crippen LogP contribution in [0, 0.1) is 0 Å². The van der Waals surface area contributed by atoms with Gasteiger partial charge in [0.1, 0.15) is 11.3 Å². The summed E-state index contributed by atoms with van der Waals surface area (Å²) in [6.45, 7) is 0. The maximum atomic E-state index is 11.2. The van der Waals surface area contributed by atoms with E-state index in [1.165, 1.54) is 0 Å². The Morgan fingerprint density at radius 2 is 2.20 bits per heavy atom. The first-order valence-electron chi connectivity index (χ1n) is 5.16. The van der Waals surface area contributed by atoms with Crippen molar-refractivity contribution >= 4 is 16.8 Å². The molecule has 0 spiro atoms. The van der Waals surface area contributed by atoms with E-state index in [0.717, 1.165) is 17.5 Å². The standard InChI is InChI=1S/C11H11N3O/c15-9-6-5-8(7-9)14-11-4-2-1-3-10(11)12-13-14/h1-4,8H,5-7H2/t8-/m0/s1. The zero-order valence-corrected chi connectivity index (χ0v) is 8.26. The highest BCUT2D eigenvalue weighted by molar-refractivity contribution is 5.81. The van der Waals surface area contributed by atoms with Gasteiger partial charge in [0.25, 0.3) is 0 Å². The van der Waals surface area contributed by atoms with Gasteiger partial charge >= 0.3 is 0 Å². The van der Waals surface area contributed by atoms with Crippen LogP contribution in [0.2, 0.25) is 0 Å². The molecule has 2 aromatic rings. The molecular weight excluding hydrogens is 190 g/mol. The van der Waals surface area contributed by atoms with Gasteiger partial charge in [-0.25, -0.2) is 4.68 Å². The molecule has 0 unspecified atom stereocenters. The normalized spacial score (nSPS) is 21.3. The minimum Gasteiger partial charge on any atom is -0.300 e. The van der Waals surface area contributed by atoms with Crippen LogP contribution in [0.3, 0.4) is 0 Å². The quantitative estimate of drug-likeness (QED) is 0.705. The molecule has 1 heterocycles. The predicted octanol–water partition coefficient (Wildman–Crippen LogP) is 1.73. The Morgan fingerprint density at radius 3 is 3.00 bits per heavy atom. The molecule has 4 heteroatoms. The third-order valence-corrected chi connectivity index (χ3v) is 2.94. The molecule has 1 saturated carbocycles. The summed E-state index contributed by atoms with van der Waals surface area (Å²) >= 11 is 0. The Bertz CT molecular complexity index is 517. The van der Waals surface area contributed by atoms with Crippen molar-refractivity contribution in [1.82, 2.24) is 15.0 Å². The zero-order chi connectivity index (χ0) is 10.3. The van der Waals surface area contributed by atoms with Gasteiger partial charge in [0.15, 0.2) is 0 Å². The zero-order valence-electron chi connectivity index (χ0n) is 8.26. The highest BCUT2D eigenvalue weighted by Gasteiger charge is 2.25. The lowest BCUT2D eigenvalue weighted by molar-refractivity contribution is -0.117. The largest absolute Gasteiger partial charge is 0.300 e. The van der Waals surface area contributed by atoms with Crippen LogP contribution in [-0.4, -0.2) is 20.8 Å². The number of carbonyl (C=O) groups is 1. The number of Topliss-reactive ketones (excluding diaryl/α,β-unsaturated/α-hetero) is 1. The summed E-state index contributed by atoms with van der Waals surface area (Å²) < 4.78 is 1.89. The maximum absolute atomic E-state index is 11.2. The van der Waals surface area contributed by atoms with Crippen LogP contribution in [0.15, 0.2) is 24.3 Å². The number of rotatable bonds is 1. The first-order valence-corrected chi connectivity index (χ1v) is 5.16. The molecule has 1 aromatic carbocycles. The van der Waals surface area contributed by atoms with E-state index in [0.29, 0.717) is 18.6 Å². The van der Waals surface area contributed by atoms with Crippen molar-refractivity contribution in [2.45, 2.75) is 25.3 Å². The topological polar surface area (TPSA) is 47.8 Å². The number of hydrogen-bond acceptors (Lipinski definition) is 3. The molecule has 0 N–H and O–H groups in total. The van der Waals surface area contributed by atoms with Gasteiger partial charge in [0.05, 0.1) is 11.6 Å². The highest BCUT2D eigenvalue weighted by atomic mass is 16.1. The van der Waals surface area contributed by atoms with E-state index in [1.807, 2.05) is 28.9 Å². The lowest BCUT2D eigenvalue weighted by atomic mass is 10.2. The molecule has 76 valence electrons. The Labute approximate surface area is 86.9 Å².